The molecule has 2 saturated carbocycles. The quantitative estimate of drug-likeness (QED) is 0.389. The third-order valence-corrected chi connectivity index (χ3v) is 14.2. The van der Waals surface area contributed by atoms with Gasteiger partial charge in [-0.25, -0.2) is 0 Å². The summed E-state index contributed by atoms with van der Waals surface area (Å²) in [4.78, 5) is 18.1. The number of rotatable bonds is 1. The maximum atomic E-state index is 14.1. The highest BCUT2D eigenvalue weighted by Crippen LogP contribution is 2.69. The number of nitrogens with two attached hydrogens (primary N) is 1. The van der Waals surface area contributed by atoms with Gasteiger partial charge in [0, 0.05) is 33.5 Å². The van der Waals surface area contributed by atoms with E-state index in [0.717, 1.165) is 44.1 Å². The van der Waals surface area contributed by atoms with Crippen LogP contribution in [0.4, 0.5) is 0 Å². The van der Waals surface area contributed by atoms with Crippen LogP contribution in [0.25, 0.3) is 10.9 Å². The third-order valence-electron chi connectivity index (χ3n) is 14.2. The summed E-state index contributed by atoms with van der Waals surface area (Å²) in [6.45, 7) is 15.1. The normalized spacial score (nSPS) is 45.5. The number of H-pyrrole nitrogens is 1. The van der Waals surface area contributed by atoms with Crippen LogP contribution in [-0.2, 0) is 27.7 Å². The predicted octanol–water partition coefficient (Wildman–Crippen LogP) is 5.99. The molecule has 1 aromatic heterocycles. The molecular weight excluding hydrogens is 524 g/mol. The van der Waals surface area contributed by atoms with E-state index in [-0.39, 0.29) is 40.8 Å². The fourth-order valence-corrected chi connectivity index (χ4v) is 11.8. The largest absolute Gasteiger partial charge is 0.388 e. The second-order valence-electron chi connectivity index (χ2n) is 16.7. The van der Waals surface area contributed by atoms with Crippen molar-refractivity contribution < 1.29 is 19.4 Å². The van der Waals surface area contributed by atoms with E-state index in [9.17, 15) is 9.90 Å². The Bertz CT molecular complexity index is 1500. The Morgan fingerprint density at radius 2 is 1.79 bits per heavy atom. The van der Waals surface area contributed by atoms with Crippen LogP contribution < -0.4 is 5.73 Å². The highest BCUT2D eigenvalue weighted by Gasteiger charge is 2.66. The van der Waals surface area contributed by atoms with Gasteiger partial charge in [-0.05, 0) is 132 Å². The van der Waals surface area contributed by atoms with Gasteiger partial charge in [-0.1, -0.05) is 13.8 Å². The SMILES string of the molecule is CC1OC(C)(C)[C@H]2Cc3c(ccc4[nH]c5c(c34)CC3CCC4C6CCC(C(C)(C)O)OC6CC[C@]4(C)[C@@]53C)C(=O)[C@@]12N. The highest BCUT2D eigenvalue weighted by molar-refractivity contribution is 6.10. The van der Waals surface area contributed by atoms with Crippen molar-refractivity contribution in [3.63, 3.8) is 0 Å². The lowest BCUT2D eigenvalue weighted by Crippen LogP contribution is -2.62. The molecule has 6 nitrogen and oxygen atoms in total. The number of Topliss-reactive ketones (excluding diaryl/α,β-unsaturated/α-hetero) is 1. The van der Waals surface area contributed by atoms with Crippen molar-refractivity contribution >= 4 is 16.7 Å². The van der Waals surface area contributed by atoms with Gasteiger partial charge in [0.1, 0.15) is 5.54 Å². The van der Waals surface area contributed by atoms with Crippen LogP contribution in [0.2, 0.25) is 0 Å². The van der Waals surface area contributed by atoms with Crippen LogP contribution in [0.3, 0.4) is 0 Å². The minimum Gasteiger partial charge on any atom is -0.388 e. The maximum absolute atomic E-state index is 14.1. The molecule has 6 unspecified atom stereocenters. The molecule has 8 rings (SSSR count). The zero-order chi connectivity index (χ0) is 29.8. The summed E-state index contributed by atoms with van der Waals surface area (Å²) < 4.78 is 13.0. The molecule has 4 fully saturated rings. The predicted molar refractivity (Wildman–Crippen MR) is 164 cm³/mol. The molecule has 0 radical (unpaired) electrons. The summed E-state index contributed by atoms with van der Waals surface area (Å²) in [6, 6.07) is 4.17. The smallest absolute Gasteiger partial charge is 0.185 e. The minimum absolute atomic E-state index is 0.0494. The maximum Gasteiger partial charge on any atom is 0.185 e. The average Bonchev–Trinajstić information content (AvgIpc) is 3.49. The Morgan fingerprint density at radius 1 is 1.02 bits per heavy atom. The average molecular weight is 575 g/mol. The van der Waals surface area contributed by atoms with Crippen molar-refractivity contribution in [1.29, 1.82) is 0 Å². The van der Waals surface area contributed by atoms with Crippen LogP contribution >= 0.6 is 0 Å². The van der Waals surface area contributed by atoms with Crippen LogP contribution in [0, 0.1) is 29.1 Å². The van der Waals surface area contributed by atoms with E-state index < -0.39 is 16.7 Å². The third kappa shape index (κ3) is 3.18. The zero-order valence-corrected chi connectivity index (χ0v) is 26.6. The van der Waals surface area contributed by atoms with Crippen molar-refractivity contribution in [2.24, 2.45) is 34.8 Å². The fourth-order valence-electron chi connectivity index (χ4n) is 11.8. The number of hydrogen-bond donors (Lipinski definition) is 3. The molecule has 228 valence electrons. The van der Waals surface area contributed by atoms with Crippen molar-refractivity contribution in [3.8, 4) is 0 Å². The lowest BCUT2D eigenvalue weighted by Gasteiger charge is -2.63. The molecule has 0 amide bonds. The van der Waals surface area contributed by atoms with E-state index >= 15 is 0 Å². The number of hydrogen-bond acceptors (Lipinski definition) is 5. The molecule has 0 spiro atoms. The van der Waals surface area contributed by atoms with Gasteiger partial charge in [0.05, 0.1) is 29.5 Å². The van der Waals surface area contributed by atoms with Gasteiger partial charge in [0.25, 0.3) is 0 Å². The number of aromatic amines is 1. The number of carbonyl (C=O) groups excluding carboxylic acids is 1. The van der Waals surface area contributed by atoms with Crippen molar-refractivity contribution in [3.05, 3.63) is 34.5 Å². The van der Waals surface area contributed by atoms with E-state index in [2.05, 4.69) is 38.7 Å². The second-order valence-corrected chi connectivity index (χ2v) is 16.7. The number of nitrogens with one attached hydrogen (secondary N) is 1. The monoisotopic (exact) mass is 574 g/mol. The van der Waals surface area contributed by atoms with Gasteiger partial charge in [0.15, 0.2) is 5.78 Å². The first kappa shape index (κ1) is 27.8. The summed E-state index contributed by atoms with van der Waals surface area (Å²) in [7, 11) is 0. The molecule has 3 heterocycles. The van der Waals surface area contributed by atoms with Gasteiger partial charge in [-0.3, -0.25) is 4.79 Å². The minimum atomic E-state index is -0.977. The number of fused-ring (bicyclic) bond motifs is 12. The molecule has 42 heavy (non-hydrogen) atoms. The van der Waals surface area contributed by atoms with Crippen LogP contribution in [0.1, 0.15) is 114 Å². The molecule has 0 bridgehead atoms. The number of benzene rings is 1. The molecule has 10 atom stereocenters. The summed E-state index contributed by atoms with van der Waals surface area (Å²) in [5, 5.41) is 12.0. The van der Waals surface area contributed by atoms with Crippen molar-refractivity contribution in [1.82, 2.24) is 4.98 Å². The van der Waals surface area contributed by atoms with Crippen LogP contribution in [0.5, 0.6) is 0 Å². The van der Waals surface area contributed by atoms with Gasteiger partial charge in [0.2, 0.25) is 0 Å². The van der Waals surface area contributed by atoms with E-state index in [1.54, 1.807) is 0 Å². The Balaban J connectivity index is 1.21. The van der Waals surface area contributed by atoms with E-state index in [4.69, 9.17) is 15.2 Å². The number of carbonyl (C=O) groups is 1. The lowest BCUT2D eigenvalue weighted by atomic mass is 9.43. The Labute approximate surface area is 250 Å². The fraction of sp³-hybridized carbons (Fsp3) is 0.750. The molecular formula is C36H50N2O4. The van der Waals surface area contributed by atoms with Crippen molar-refractivity contribution in [2.75, 3.05) is 0 Å². The number of aromatic nitrogens is 1. The highest BCUT2D eigenvalue weighted by atomic mass is 16.5. The van der Waals surface area contributed by atoms with Gasteiger partial charge in [-0.2, -0.15) is 0 Å². The van der Waals surface area contributed by atoms with Gasteiger partial charge in [-0.15, -0.1) is 0 Å². The van der Waals surface area contributed by atoms with E-state index in [1.807, 2.05) is 26.8 Å². The number of ketones is 1. The van der Waals surface area contributed by atoms with Crippen LogP contribution in [-0.4, -0.2) is 50.9 Å². The topological polar surface area (TPSA) is 97.6 Å². The Hall–Kier alpha value is -1.73. The number of ether oxygens (including phenoxy) is 2. The molecule has 4 N–H and O–H groups in total. The Morgan fingerprint density at radius 3 is 2.52 bits per heavy atom. The summed E-state index contributed by atoms with van der Waals surface area (Å²) >= 11 is 0. The van der Waals surface area contributed by atoms with Gasteiger partial charge >= 0.3 is 0 Å². The molecule has 6 aliphatic rings. The summed E-state index contributed by atoms with van der Waals surface area (Å²) in [5.74, 6) is 1.78. The second kappa shape index (κ2) is 8.29. The van der Waals surface area contributed by atoms with E-state index in [1.165, 1.54) is 40.6 Å². The first-order valence-corrected chi connectivity index (χ1v) is 16.7. The molecule has 4 aliphatic carbocycles. The van der Waals surface area contributed by atoms with E-state index in [0.29, 0.717) is 17.8 Å². The van der Waals surface area contributed by atoms with Gasteiger partial charge < -0.3 is 25.3 Å². The first-order chi connectivity index (χ1) is 19.6. The van der Waals surface area contributed by atoms with Crippen LogP contribution in [0.15, 0.2) is 12.1 Å². The standard InChI is InChI=1S/C36H50N2O4/c1-18-36(37)27(33(4,5)42-18)17-22-20(31(36)39)9-12-25-29(22)23-16-19-8-11-24-21-10-13-28(32(2,3)40)41-26(21)14-15-34(24,6)35(19,7)30(23)38-25/h9,12,18-19,21,24,26-28,38,40H,8,10-11,13-17,37H2,1-7H3/t18?,19?,21?,24?,26?,27-,28?,34+,35-,36-/m1/s1. The molecule has 2 saturated heterocycles. The number of aliphatic hydroxyl groups is 1. The molecule has 2 aromatic rings. The lowest BCUT2D eigenvalue weighted by molar-refractivity contribution is -0.210. The molecule has 6 heteroatoms. The first-order valence-electron chi connectivity index (χ1n) is 16.7. The molecule has 2 aliphatic heterocycles. The Kier molecular flexibility index (Phi) is 5.49. The molecule has 1 aromatic carbocycles. The van der Waals surface area contributed by atoms with Crippen molar-refractivity contribution in [2.45, 2.75) is 140 Å². The summed E-state index contributed by atoms with van der Waals surface area (Å²) in [6.07, 6.45) is 8.55. The summed E-state index contributed by atoms with van der Waals surface area (Å²) in [5.41, 5.74) is 11.0. The zero-order valence-electron chi connectivity index (χ0n) is 26.6.